The first-order valence-electron chi connectivity index (χ1n) is 7.35. The molecule has 2 unspecified atom stereocenters. The van der Waals surface area contributed by atoms with Crippen LogP contribution in [-0.2, 0) is 17.2 Å². The molecule has 0 bridgehead atoms. The van der Waals surface area contributed by atoms with E-state index in [1.54, 1.807) is 30.5 Å². The molecule has 2 atom stereocenters. The molecule has 3 nitrogen and oxygen atoms in total. The molecule has 0 heterocycles. The smallest absolute Gasteiger partial charge is 0.252 e. The summed E-state index contributed by atoms with van der Waals surface area (Å²) in [5.74, 6) is -0.196. The van der Waals surface area contributed by atoms with Crippen molar-refractivity contribution in [2.75, 3.05) is 6.26 Å². The fraction of sp³-hybridized carbons (Fsp3) is 0.278. The van der Waals surface area contributed by atoms with E-state index in [0.717, 1.165) is 12.0 Å². The van der Waals surface area contributed by atoms with Crippen molar-refractivity contribution in [3.8, 4) is 0 Å². The first kappa shape index (κ1) is 16.4. The predicted octanol–water partition coefficient (Wildman–Crippen LogP) is 3.48. The van der Waals surface area contributed by atoms with Crippen LogP contribution in [0.25, 0.3) is 0 Å². The maximum absolute atomic E-state index is 12.4. The van der Waals surface area contributed by atoms with Gasteiger partial charge in [-0.05, 0) is 36.6 Å². The first-order valence-corrected chi connectivity index (χ1v) is 8.91. The third-order valence-corrected chi connectivity index (χ3v) is 4.65. The Kier molecular flexibility index (Phi) is 5.50. The number of hydrogen-bond donors (Lipinski definition) is 1. The van der Waals surface area contributed by atoms with E-state index in [9.17, 15) is 9.00 Å². The van der Waals surface area contributed by atoms with E-state index in [-0.39, 0.29) is 11.9 Å². The molecule has 0 aliphatic heterocycles. The van der Waals surface area contributed by atoms with E-state index in [4.69, 9.17) is 0 Å². The number of nitrogens with one attached hydrogen (secondary N) is 1. The van der Waals surface area contributed by atoms with Crippen LogP contribution in [0.2, 0.25) is 0 Å². The zero-order valence-corrected chi connectivity index (χ0v) is 13.9. The topological polar surface area (TPSA) is 46.2 Å². The summed E-state index contributed by atoms with van der Waals surface area (Å²) in [6, 6.07) is 15.1. The molecule has 116 valence electrons. The molecule has 1 N–H and O–H groups in total. The second-order valence-corrected chi connectivity index (χ2v) is 6.59. The lowest BCUT2D eigenvalue weighted by atomic mass is 10.0. The van der Waals surface area contributed by atoms with Crippen LogP contribution in [0.15, 0.2) is 53.4 Å². The summed E-state index contributed by atoms with van der Waals surface area (Å²) >= 11 is 0. The van der Waals surface area contributed by atoms with Gasteiger partial charge in [-0.15, -0.1) is 0 Å². The van der Waals surface area contributed by atoms with Crippen molar-refractivity contribution in [1.29, 1.82) is 0 Å². The van der Waals surface area contributed by atoms with Crippen LogP contribution >= 0.6 is 0 Å². The van der Waals surface area contributed by atoms with Crippen molar-refractivity contribution in [3.05, 3.63) is 65.2 Å². The molecule has 4 heteroatoms. The van der Waals surface area contributed by atoms with Gasteiger partial charge < -0.3 is 5.32 Å². The number of amides is 1. The molecule has 0 spiro atoms. The molecule has 0 aliphatic carbocycles. The van der Waals surface area contributed by atoms with Gasteiger partial charge in [0.15, 0.2) is 0 Å². The van der Waals surface area contributed by atoms with Crippen molar-refractivity contribution >= 4 is 16.7 Å². The summed E-state index contributed by atoms with van der Waals surface area (Å²) in [6.07, 6.45) is 2.58. The van der Waals surface area contributed by atoms with E-state index in [2.05, 4.69) is 24.4 Å². The van der Waals surface area contributed by atoms with E-state index in [0.29, 0.717) is 10.5 Å². The third-order valence-electron chi connectivity index (χ3n) is 3.68. The SMILES string of the molecule is CCc1ccc(C(C)NC(=O)c2ccccc2S(C)=O)cc1. The van der Waals surface area contributed by atoms with Gasteiger partial charge in [-0.1, -0.05) is 43.3 Å². The van der Waals surface area contributed by atoms with E-state index in [1.165, 1.54) is 5.56 Å². The van der Waals surface area contributed by atoms with Crippen LogP contribution in [0.5, 0.6) is 0 Å². The summed E-state index contributed by atoms with van der Waals surface area (Å²) in [7, 11) is -1.19. The maximum Gasteiger partial charge on any atom is 0.252 e. The van der Waals surface area contributed by atoms with Gasteiger partial charge in [0.2, 0.25) is 0 Å². The molecule has 0 fully saturated rings. The molecule has 0 aliphatic rings. The summed E-state index contributed by atoms with van der Waals surface area (Å²) in [5, 5.41) is 2.97. The number of aryl methyl sites for hydroxylation is 1. The summed E-state index contributed by atoms with van der Waals surface area (Å²) in [4.78, 5) is 13.0. The van der Waals surface area contributed by atoms with Gasteiger partial charge in [0.1, 0.15) is 0 Å². The summed E-state index contributed by atoms with van der Waals surface area (Å²) in [5.41, 5.74) is 2.80. The normalized spacial score (nSPS) is 13.4. The molecule has 1 amide bonds. The van der Waals surface area contributed by atoms with Crippen LogP contribution in [-0.4, -0.2) is 16.4 Å². The monoisotopic (exact) mass is 315 g/mol. The van der Waals surface area contributed by atoms with Gasteiger partial charge >= 0.3 is 0 Å². The van der Waals surface area contributed by atoms with Gasteiger partial charge in [0.05, 0.1) is 27.3 Å². The maximum atomic E-state index is 12.4. The standard InChI is InChI=1S/C18H21NO2S/c1-4-14-9-11-15(12-10-14)13(2)19-18(20)16-7-5-6-8-17(16)22(3)21/h5-13H,4H2,1-3H3,(H,19,20). The molecule has 22 heavy (non-hydrogen) atoms. The average Bonchev–Trinajstić information content (AvgIpc) is 2.54. The lowest BCUT2D eigenvalue weighted by molar-refractivity contribution is 0.0937. The van der Waals surface area contributed by atoms with Crippen molar-refractivity contribution < 1.29 is 9.00 Å². The molecular formula is C18H21NO2S. The first-order chi connectivity index (χ1) is 10.5. The minimum absolute atomic E-state index is 0.100. The van der Waals surface area contributed by atoms with E-state index in [1.807, 2.05) is 19.1 Å². The Morgan fingerprint density at radius 3 is 2.36 bits per heavy atom. The number of benzene rings is 2. The van der Waals surface area contributed by atoms with Crippen molar-refractivity contribution in [2.45, 2.75) is 31.2 Å². The van der Waals surface area contributed by atoms with Crippen LogP contribution in [0.1, 0.15) is 41.4 Å². The Balaban J connectivity index is 2.16. The van der Waals surface area contributed by atoms with E-state index < -0.39 is 10.8 Å². The van der Waals surface area contributed by atoms with Crippen molar-refractivity contribution in [1.82, 2.24) is 5.32 Å². The van der Waals surface area contributed by atoms with E-state index >= 15 is 0 Å². The highest BCUT2D eigenvalue weighted by molar-refractivity contribution is 7.84. The zero-order chi connectivity index (χ0) is 16.1. The average molecular weight is 315 g/mol. The Morgan fingerprint density at radius 2 is 1.77 bits per heavy atom. The van der Waals surface area contributed by atoms with Gasteiger partial charge in [-0.3, -0.25) is 9.00 Å². The second-order valence-electron chi connectivity index (χ2n) is 5.24. The van der Waals surface area contributed by atoms with Gasteiger partial charge in [-0.2, -0.15) is 0 Å². The highest BCUT2D eigenvalue weighted by Gasteiger charge is 2.16. The fourth-order valence-corrected chi connectivity index (χ4v) is 3.05. The molecular weight excluding hydrogens is 294 g/mol. The lowest BCUT2D eigenvalue weighted by Crippen LogP contribution is -2.27. The summed E-state index contributed by atoms with van der Waals surface area (Å²) in [6.45, 7) is 4.06. The molecule has 2 aromatic rings. The highest BCUT2D eigenvalue weighted by atomic mass is 32.2. The molecule has 0 radical (unpaired) electrons. The molecule has 0 saturated heterocycles. The molecule has 0 saturated carbocycles. The van der Waals surface area contributed by atoms with Gasteiger partial charge in [0, 0.05) is 6.26 Å². The Morgan fingerprint density at radius 1 is 1.14 bits per heavy atom. The Bertz CT molecular complexity index is 680. The molecule has 2 rings (SSSR count). The molecule has 0 aromatic heterocycles. The van der Waals surface area contributed by atoms with Crippen LogP contribution in [0, 0.1) is 0 Å². The van der Waals surface area contributed by atoms with Crippen LogP contribution in [0.3, 0.4) is 0 Å². The Labute approximate surface area is 134 Å². The van der Waals surface area contributed by atoms with Gasteiger partial charge in [-0.25, -0.2) is 0 Å². The predicted molar refractivity (Wildman–Crippen MR) is 90.5 cm³/mol. The summed E-state index contributed by atoms with van der Waals surface area (Å²) < 4.78 is 11.7. The number of carbonyl (C=O) groups excluding carboxylic acids is 1. The fourth-order valence-electron chi connectivity index (χ4n) is 2.30. The van der Waals surface area contributed by atoms with Gasteiger partial charge in [0.25, 0.3) is 5.91 Å². The second kappa shape index (κ2) is 7.36. The van der Waals surface area contributed by atoms with Crippen molar-refractivity contribution in [2.24, 2.45) is 0 Å². The lowest BCUT2D eigenvalue weighted by Gasteiger charge is -2.16. The Hall–Kier alpha value is -1.94. The quantitative estimate of drug-likeness (QED) is 0.918. The minimum atomic E-state index is -1.19. The number of hydrogen-bond acceptors (Lipinski definition) is 2. The number of rotatable bonds is 5. The van der Waals surface area contributed by atoms with Crippen LogP contribution < -0.4 is 5.32 Å². The van der Waals surface area contributed by atoms with Crippen molar-refractivity contribution in [3.63, 3.8) is 0 Å². The third kappa shape index (κ3) is 3.83. The zero-order valence-electron chi connectivity index (χ0n) is 13.1. The number of carbonyl (C=O) groups is 1. The molecule has 2 aromatic carbocycles. The minimum Gasteiger partial charge on any atom is -0.345 e. The van der Waals surface area contributed by atoms with Crippen LogP contribution in [0.4, 0.5) is 0 Å². The highest BCUT2D eigenvalue weighted by Crippen LogP contribution is 2.17. The largest absolute Gasteiger partial charge is 0.345 e.